The Bertz CT molecular complexity index is 1060. The summed E-state index contributed by atoms with van der Waals surface area (Å²) in [5, 5.41) is 0.504. The van der Waals surface area contributed by atoms with Crippen molar-refractivity contribution in [3.8, 4) is 0 Å². The van der Waals surface area contributed by atoms with Crippen molar-refractivity contribution in [3.05, 3.63) is 66.0 Å². The van der Waals surface area contributed by atoms with Crippen molar-refractivity contribution in [1.29, 1.82) is 0 Å². The van der Waals surface area contributed by atoms with Gasteiger partial charge in [-0.15, -0.1) is 13.2 Å². The molecule has 0 radical (unpaired) electrons. The second-order valence-electron chi connectivity index (χ2n) is 6.28. The van der Waals surface area contributed by atoms with Crippen molar-refractivity contribution in [2.45, 2.75) is 26.1 Å². The van der Waals surface area contributed by atoms with Gasteiger partial charge in [-0.05, 0) is 31.2 Å². The van der Waals surface area contributed by atoms with Crippen LogP contribution in [0.1, 0.15) is 29.4 Å². The van der Waals surface area contributed by atoms with Gasteiger partial charge in [-0.25, -0.2) is 9.88 Å². The number of benzene rings is 1. The number of carbonyl (C=O) groups is 2. The maximum absolute atomic E-state index is 13.7. The number of ether oxygens (including phenoxy) is 1. The average molecular weight is 417 g/mol. The van der Waals surface area contributed by atoms with Crippen molar-refractivity contribution in [3.63, 3.8) is 0 Å². The summed E-state index contributed by atoms with van der Waals surface area (Å²) in [5.41, 5.74) is 0.370. The molecule has 2 heterocycles. The first-order valence-electron chi connectivity index (χ1n) is 9.18. The largest absolute Gasteiger partial charge is 0.493 e. The first-order chi connectivity index (χ1) is 14.3. The fourth-order valence-corrected chi connectivity index (χ4v) is 2.92. The molecular weight excluding hydrogens is 399 g/mol. The van der Waals surface area contributed by atoms with Crippen LogP contribution in [0.15, 0.2) is 54.7 Å². The number of carbonyl (C=O) groups excluding carboxylic acids is 2. The quantitative estimate of drug-likeness (QED) is 0.442. The summed E-state index contributed by atoms with van der Waals surface area (Å²) in [4.78, 5) is 32.2. The van der Waals surface area contributed by atoms with E-state index in [1.165, 1.54) is 30.5 Å². The molecule has 1 amide bonds. The first kappa shape index (κ1) is 21.2. The van der Waals surface area contributed by atoms with Crippen molar-refractivity contribution < 1.29 is 27.5 Å². The molecule has 1 aromatic carbocycles. The number of anilines is 1. The second-order valence-corrected chi connectivity index (χ2v) is 6.28. The number of aryl methyl sites for hydroxylation is 1. The summed E-state index contributed by atoms with van der Waals surface area (Å²) in [6.45, 7) is 1.95. The van der Waals surface area contributed by atoms with Crippen LogP contribution in [0.5, 0.6) is 0 Å². The van der Waals surface area contributed by atoms with E-state index < -0.39 is 24.0 Å². The summed E-state index contributed by atoms with van der Waals surface area (Å²) >= 11 is 0. The lowest BCUT2D eigenvalue weighted by Crippen LogP contribution is -2.43. The van der Waals surface area contributed by atoms with Crippen LogP contribution in [-0.2, 0) is 16.0 Å². The van der Waals surface area contributed by atoms with E-state index in [1.54, 1.807) is 25.1 Å². The third-order valence-corrected chi connectivity index (χ3v) is 4.23. The molecule has 0 N–H and O–H groups in total. The zero-order valence-corrected chi connectivity index (χ0v) is 16.0. The maximum atomic E-state index is 13.7. The normalized spacial score (nSPS) is 11.3. The van der Waals surface area contributed by atoms with Crippen LogP contribution in [0.4, 0.5) is 19.0 Å². The van der Waals surface area contributed by atoms with E-state index in [0.29, 0.717) is 11.1 Å². The van der Waals surface area contributed by atoms with Gasteiger partial charge in [0.05, 0.1) is 24.1 Å². The molecular formula is C21H18F3N3O3. The van der Waals surface area contributed by atoms with E-state index in [2.05, 4.69) is 9.97 Å². The molecule has 2 aromatic heterocycles. The third-order valence-electron chi connectivity index (χ3n) is 4.23. The predicted molar refractivity (Wildman–Crippen MR) is 104 cm³/mol. The number of pyridine rings is 2. The van der Waals surface area contributed by atoms with Gasteiger partial charge in [0, 0.05) is 23.7 Å². The third kappa shape index (κ3) is 4.73. The lowest BCUT2D eigenvalue weighted by Gasteiger charge is -2.24. The van der Waals surface area contributed by atoms with Crippen molar-refractivity contribution >= 4 is 28.6 Å². The lowest BCUT2D eigenvalue weighted by atomic mass is 10.1. The minimum Gasteiger partial charge on any atom is -0.466 e. The minimum atomic E-state index is -4.98. The van der Waals surface area contributed by atoms with Gasteiger partial charge in [-0.3, -0.25) is 14.6 Å². The molecule has 0 saturated carbocycles. The lowest BCUT2D eigenvalue weighted by molar-refractivity contribution is -0.143. The van der Waals surface area contributed by atoms with E-state index in [9.17, 15) is 22.8 Å². The molecule has 156 valence electrons. The van der Waals surface area contributed by atoms with Crippen LogP contribution < -0.4 is 4.90 Å². The molecule has 0 unspecified atom stereocenters. The number of alkyl halides is 3. The molecule has 0 fully saturated rings. The van der Waals surface area contributed by atoms with Gasteiger partial charge in [0.2, 0.25) is 0 Å². The molecule has 6 nitrogen and oxygen atoms in total. The summed E-state index contributed by atoms with van der Waals surface area (Å²) < 4.78 is 46.0. The van der Waals surface area contributed by atoms with Gasteiger partial charge in [-0.2, -0.15) is 0 Å². The summed E-state index contributed by atoms with van der Waals surface area (Å²) in [6.07, 6.45) is -3.49. The molecule has 30 heavy (non-hydrogen) atoms. The number of para-hydroxylation sites is 1. The fraction of sp³-hybridized carbons (Fsp3) is 0.238. The van der Waals surface area contributed by atoms with E-state index in [1.807, 2.05) is 0 Å². The second kappa shape index (κ2) is 8.89. The molecule has 0 atom stereocenters. The van der Waals surface area contributed by atoms with Gasteiger partial charge in [0.15, 0.2) is 0 Å². The molecule has 0 aliphatic heterocycles. The van der Waals surface area contributed by atoms with Crippen LogP contribution >= 0.6 is 0 Å². The van der Waals surface area contributed by atoms with E-state index in [-0.39, 0.29) is 35.4 Å². The van der Waals surface area contributed by atoms with Crippen LogP contribution in [0.25, 0.3) is 10.9 Å². The molecule has 0 aliphatic rings. The maximum Gasteiger partial charge on any atom is 0.493 e. The SMILES string of the molecule is CCOC(=O)CCc1ccc2cccc(C(=O)N(c3ccccn3)C(F)(F)F)c2n1. The van der Waals surface area contributed by atoms with Gasteiger partial charge in [0.1, 0.15) is 5.82 Å². The fourth-order valence-electron chi connectivity index (χ4n) is 2.92. The van der Waals surface area contributed by atoms with E-state index in [0.717, 1.165) is 6.07 Å². The highest BCUT2D eigenvalue weighted by molar-refractivity contribution is 6.13. The number of amides is 1. The number of aromatic nitrogens is 2. The Balaban J connectivity index is 2.00. The number of hydrogen-bond acceptors (Lipinski definition) is 5. The number of nitrogens with zero attached hydrogens (tertiary/aromatic N) is 3. The smallest absolute Gasteiger partial charge is 0.466 e. The van der Waals surface area contributed by atoms with Crippen LogP contribution in [0, 0.1) is 0 Å². The molecule has 9 heteroatoms. The molecule has 0 spiro atoms. The Labute approximate surface area is 170 Å². The average Bonchev–Trinajstić information content (AvgIpc) is 2.71. The number of hydrogen-bond donors (Lipinski definition) is 0. The van der Waals surface area contributed by atoms with Gasteiger partial charge in [-0.1, -0.05) is 24.3 Å². The van der Waals surface area contributed by atoms with Crippen LogP contribution in [0.2, 0.25) is 0 Å². The molecule has 0 saturated heterocycles. The zero-order chi connectivity index (χ0) is 21.7. The van der Waals surface area contributed by atoms with Crippen LogP contribution in [-0.4, -0.2) is 34.8 Å². The highest BCUT2D eigenvalue weighted by Gasteiger charge is 2.44. The predicted octanol–water partition coefficient (Wildman–Crippen LogP) is 4.29. The van der Waals surface area contributed by atoms with Crippen molar-refractivity contribution in [2.75, 3.05) is 11.5 Å². The summed E-state index contributed by atoms with van der Waals surface area (Å²) in [6, 6.07) is 11.7. The minimum absolute atomic E-state index is 0.0745. The Morgan fingerprint density at radius 3 is 2.53 bits per heavy atom. The Morgan fingerprint density at radius 1 is 1.07 bits per heavy atom. The topological polar surface area (TPSA) is 72.4 Å². The van der Waals surface area contributed by atoms with E-state index >= 15 is 0 Å². The van der Waals surface area contributed by atoms with Crippen LogP contribution in [0.3, 0.4) is 0 Å². The Morgan fingerprint density at radius 2 is 1.87 bits per heavy atom. The monoisotopic (exact) mass is 417 g/mol. The first-order valence-corrected chi connectivity index (χ1v) is 9.18. The number of rotatable bonds is 6. The van der Waals surface area contributed by atoms with Gasteiger partial charge >= 0.3 is 12.3 Å². The highest BCUT2D eigenvalue weighted by atomic mass is 19.4. The van der Waals surface area contributed by atoms with Crippen molar-refractivity contribution in [1.82, 2.24) is 9.97 Å². The van der Waals surface area contributed by atoms with Crippen molar-refractivity contribution in [2.24, 2.45) is 0 Å². The molecule has 3 rings (SSSR count). The number of fused-ring (bicyclic) bond motifs is 1. The molecule has 0 aliphatic carbocycles. The summed E-state index contributed by atoms with van der Waals surface area (Å²) in [7, 11) is 0. The zero-order valence-electron chi connectivity index (χ0n) is 16.0. The molecule has 3 aromatic rings. The van der Waals surface area contributed by atoms with Gasteiger partial charge in [0.25, 0.3) is 5.91 Å². The van der Waals surface area contributed by atoms with Gasteiger partial charge < -0.3 is 4.74 Å². The summed E-state index contributed by atoms with van der Waals surface area (Å²) in [5.74, 6) is -2.23. The number of halogens is 3. The number of esters is 1. The standard InChI is InChI=1S/C21H18F3N3O3/c1-2-30-18(28)12-11-15-10-9-14-6-5-7-16(19(14)26-15)20(29)27(21(22,23)24)17-8-3-4-13-25-17/h3-10,13H,2,11-12H2,1H3. The molecule has 0 bridgehead atoms. The highest BCUT2D eigenvalue weighted by Crippen LogP contribution is 2.30. The Kier molecular flexibility index (Phi) is 6.29. The van der Waals surface area contributed by atoms with E-state index in [4.69, 9.17) is 4.74 Å². The Hall–Kier alpha value is -3.49.